The summed E-state index contributed by atoms with van der Waals surface area (Å²) >= 11 is 0. The number of hydrogen-bond donors (Lipinski definition) is 0. The van der Waals surface area contributed by atoms with E-state index in [-0.39, 0.29) is 0 Å². The number of nitrogens with zero attached hydrogens (tertiary/aromatic N) is 2. The Morgan fingerprint density at radius 3 is 1.67 bits per heavy atom. The molecule has 2 atom stereocenters. The van der Waals surface area contributed by atoms with Gasteiger partial charge in [0.1, 0.15) is 0 Å². The number of rotatable bonds is 0. The van der Waals surface area contributed by atoms with Crippen molar-refractivity contribution in [3.05, 3.63) is 0 Å². The standard InChI is InChI=1S/C10H21N.C9H19N/c1-10(2,3)9-7-5-6-8-11(9)4;1-9(2,3)8-5-6-10(4)7-8/h9H,5-8H2,1-4H3;8H,5-7H2,1-4H3. The van der Waals surface area contributed by atoms with Crippen molar-refractivity contribution in [1.82, 2.24) is 9.80 Å². The quantitative estimate of drug-likeness (QED) is 0.649. The summed E-state index contributed by atoms with van der Waals surface area (Å²) < 4.78 is 0. The van der Waals surface area contributed by atoms with Gasteiger partial charge in [0.05, 0.1) is 0 Å². The van der Waals surface area contributed by atoms with Crippen LogP contribution in [0.4, 0.5) is 0 Å². The second-order valence-corrected chi connectivity index (χ2v) is 9.47. The normalized spacial score (nSPS) is 29.1. The molecule has 0 bridgehead atoms. The molecule has 0 aromatic rings. The van der Waals surface area contributed by atoms with Crippen molar-refractivity contribution in [2.45, 2.75) is 73.3 Å². The third-order valence-corrected chi connectivity index (χ3v) is 5.39. The molecule has 2 rings (SSSR count). The molecule has 2 heterocycles. The lowest BCUT2D eigenvalue weighted by Crippen LogP contribution is -2.44. The van der Waals surface area contributed by atoms with Crippen molar-refractivity contribution in [1.29, 1.82) is 0 Å². The van der Waals surface area contributed by atoms with Gasteiger partial charge in [-0.05, 0) is 63.2 Å². The lowest BCUT2D eigenvalue weighted by molar-refractivity contribution is 0.0883. The van der Waals surface area contributed by atoms with Gasteiger partial charge in [0.15, 0.2) is 0 Å². The molecular weight excluding hydrogens is 256 g/mol. The summed E-state index contributed by atoms with van der Waals surface area (Å²) in [7, 11) is 4.47. The average molecular weight is 297 g/mol. The van der Waals surface area contributed by atoms with Gasteiger partial charge in [-0.15, -0.1) is 0 Å². The SMILES string of the molecule is CN1CCC(C(C)(C)C)C1.CN1CCCCC1C(C)(C)C. The van der Waals surface area contributed by atoms with E-state index in [4.69, 9.17) is 0 Å². The van der Waals surface area contributed by atoms with E-state index in [1.54, 1.807) is 0 Å². The molecule has 21 heavy (non-hydrogen) atoms. The summed E-state index contributed by atoms with van der Waals surface area (Å²) in [5.74, 6) is 0.914. The molecule has 0 aromatic heterocycles. The molecular formula is C19H40N2. The van der Waals surface area contributed by atoms with E-state index in [9.17, 15) is 0 Å². The second kappa shape index (κ2) is 7.46. The Morgan fingerprint density at radius 2 is 1.38 bits per heavy atom. The first-order valence-corrected chi connectivity index (χ1v) is 8.90. The van der Waals surface area contributed by atoms with Gasteiger partial charge in [-0.2, -0.15) is 0 Å². The highest BCUT2D eigenvalue weighted by molar-refractivity contribution is 4.84. The lowest BCUT2D eigenvalue weighted by atomic mass is 9.80. The highest BCUT2D eigenvalue weighted by atomic mass is 15.1. The van der Waals surface area contributed by atoms with Gasteiger partial charge in [-0.1, -0.05) is 48.0 Å². The first-order chi connectivity index (χ1) is 9.51. The molecule has 0 saturated carbocycles. The van der Waals surface area contributed by atoms with Gasteiger partial charge in [0.2, 0.25) is 0 Å². The minimum atomic E-state index is 0.467. The van der Waals surface area contributed by atoms with E-state index in [2.05, 4.69) is 65.4 Å². The van der Waals surface area contributed by atoms with Crippen LogP contribution in [0.2, 0.25) is 0 Å². The van der Waals surface area contributed by atoms with E-state index >= 15 is 0 Å². The van der Waals surface area contributed by atoms with Gasteiger partial charge in [-0.3, -0.25) is 0 Å². The minimum absolute atomic E-state index is 0.467. The van der Waals surface area contributed by atoms with Crippen molar-refractivity contribution in [3.8, 4) is 0 Å². The van der Waals surface area contributed by atoms with Crippen LogP contribution in [0.5, 0.6) is 0 Å². The Hall–Kier alpha value is -0.0800. The molecule has 2 nitrogen and oxygen atoms in total. The molecule has 0 radical (unpaired) electrons. The van der Waals surface area contributed by atoms with Crippen LogP contribution in [0.25, 0.3) is 0 Å². The molecule has 0 N–H and O–H groups in total. The molecule has 0 aliphatic carbocycles. The Bertz CT molecular complexity index is 298. The smallest absolute Gasteiger partial charge is 0.0141 e. The topological polar surface area (TPSA) is 6.48 Å². The van der Waals surface area contributed by atoms with Gasteiger partial charge in [-0.25, -0.2) is 0 Å². The van der Waals surface area contributed by atoms with Crippen molar-refractivity contribution in [2.24, 2.45) is 16.7 Å². The fourth-order valence-electron chi connectivity index (χ4n) is 3.81. The maximum atomic E-state index is 2.52. The maximum Gasteiger partial charge on any atom is 0.0141 e. The monoisotopic (exact) mass is 296 g/mol. The van der Waals surface area contributed by atoms with Crippen LogP contribution in [-0.4, -0.2) is 49.6 Å². The van der Waals surface area contributed by atoms with Crippen molar-refractivity contribution < 1.29 is 0 Å². The van der Waals surface area contributed by atoms with Crippen LogP contribution in [-0.2, 0) is 0 Å². The molecule has 126 valence electrons. The Kier molecular flexibility index (Phi) is 6.74. The predicted octanol–water partition coefficient (Wildman–Crippen LogP) is 4.50. The fraction of sp³-hybridized carbons (Fsp3) is 1.00. The number of hydrogen-bond acceptors (Lipinski definition) is 2. The summed E-state index contributed by atoms with van der Waals surface area (Å²) in [5, 5.41) is 0. The molecule has 2 heteroatoms. The molecule has 0 amide bonds. The first-order valence-electron chi connectivity index (χ1n) is 8.90. The summed E-state index contributed by atoms with van der Waals surface area (Å²) in [5.41, 5.74) is 0.986. The molecule has 2 aliphatic rings. The number of likely N-dealkylation sites (tertiary alicyclic amines) is 2. The van der Waals surface area contributed by atoms with Gasteiger partial charge in [0, 0.05) is 12.6 Å². The summed E-state index contributed by atoms with van der Waals surface area (Å²) in [6.07, 6.45) is 5.59. The lowest BCUT2D eigenvalue weighted by Gasteiger charge is -2.41. The van der Waals surface area contributed by atoms with Gasteiger partial charge >= 0.3 is 0 Å². The van der Waals surface area contributed by atoms with Crippen LogP contribution in [0, 0.1) is 16.7 Å². The second-order valence-electron chi connectivity index (χ2n) is 9.47. The van der Waals surface area contributed by atoms with Crippen molar-refractivity contribution >= 4 is 0 Å². The van der Waals surface area contributed by atoms with E-state index < -0.39 is 0 Å². The zero-order chi connectivity index (χ0) is 16.3. The minimum Gasteiger partial charge on any atom is -0.306 e. The van der Waals surface area contributed by atoms with Crippen molar-refractivity contribution in [3.63, 3.8) is 0 Å². The van der Waals surface area contributed by atoms with Crippen LogP contribution in [0.15, 0.2) is 0 Å². The van der Waals surface area contributed by atoms with Crippen LogP contribution in [0.1, 0.15) is 67.2 Å². The average Bonchev–Trinajstić information content (AvgIpc) is 2.75. The third kappa shape index (κ3) is 6.28. The molecule has 2 saturated heterocycles. The Morgan fingerprint density at radius 1 is 0.762 bits per heavy atom. The highest BCUT2D eigenvalue weighted by Crippen LogP contribution is 2.32. The van der Waals surface area contributed by atoms with E-state index in [1.807, 2.05) is 0 Å². The van der Waals surface area contributed by atoms with E-state index in [0.717, 1.165) is 12.0 Å². The maximum absolute atomic E-state index is 2.52. The molecule has 2 unspecified atom stereocenters. The first kappa shape index (κ1) is 19.0. The molecule has 0 spiro atoms. The third-order valence-electron chi connectivity index (χ3n) is 5.39. The molecule has 2 aliphatic heterocycles. The summed E-state index contributed by atoms with van der Waals surface area (Å²) in [6.45, 7) is 18.0. The zero-order valence-corrected chi connectivity index (χ0v) is 16.0. The predicted molar refractivity (Wildman–Crippen MR) is 94.8 cm³/mol. The molecule has 0 aromatic carbocycles. The van der Waals surface area contributed by atoms with Crippen LogP contribution >= 0.6 is 0 Å². The fourth-order valence-corrected chi connectivity index (χ4v) is 3.81. The Balaban J connectivity index is 0.000000211. The van der Waals surface area contributed by atoms with E-state index in [1.165, 1.54) is 45.3 Å². The zero-order valence-electron chi connectivity index (χ0n) is 16.0. The van der Waals surface area contributed by atoms with Gasteiger partial charge in [0.25, 0.3) is 0 Å². The van der Waals surface area contributed by atoms with E-state index in [0.29, 0.717) is 10.8 Å². The van der Waals surface area contributed by atoms with Crippen LogP contribution < -0.4 is 0 Å². The molecule has 2 fully saturated rings. The van der Waals surface area contributed by atoms with Crippen molar-refractivity contribution in [2.75, 3.05) is 33.7 Å². The van der Waals surface area contributed by atoms with Crippen LogP contribution in [0.3, 0.4) is 0 Å². The largest absolute Gasteiger partial charge is 0.306 e. The Labute approximate surface area is 134 Å². The summed E-state index contributed by atoms with van der Waals surface area (Å²) in [4.78, 5) is 4.94. The highest BCUT2D eigenvalue weighted by Gasteiger charge is 2.30. The number of piperidine rings is 1. The van der Waals surface area contributed by atoms with Gasteiger partial charge < -0.3 is 9.80 Å². The summed E-state index contributed by atoms with van der Waals surface area (Å²) in [6, 6.07) is 0.802.